The topological polar surface area (TPSA) is 57.6 Å². The van der Waals surface area contributed by atoms with Crippen LogP contribution in [-0.2, 0) is 16.2 Å². The van der Waals surface area contributed by atoms with E-state index in [1.807, 2.05) is 0 Å². The largest absolute Gasteiger partial charge is 0.419 e. The molecular weight excluding hydrogens is 326 g/mol. The zero-order valence-corrected chi connectivity index (χ0v) is 12.3. The Kier molecular flexibility index (Phi) is 4.78. The molecule has 0 bridgehead atoms. The minimum absolute atomic E-state index is 0.0392. The zero-order chi connectivity index (χ0) is 16.5. The number of hydrogen-bond acceptors (Lipinski definition) is 3. The highest BCUT2D eigenvalue weighted by Crippen LogP contribution is 2.34. The quantitative estimate of drug-likeness (QED) is 0.858. The highest BCUT2D eigenvalue weighted by Gasteiger charge is 2.37. The molecule has 1 aromatic rings. The van der Waals surface area contributed by atoms with E-state index >= 15 is 0 Å². The molecule has 1 aliphatic heterocycles. The molecule has 0 spiro atoms. The summed E-state index contributed by atoms with van der Waals surface area (Å²) >= 11 is 0. The fraction of sp³-hybridized carbons (Fsp3) is 0.538. The SMILES string of the molecule is O=S(=O)(c1ccc(F)c(C(F)(F)F)c1)N1CCC[C@@H](CO)C1. The van der Waals surface area contributed by atoms with Gasteiger partial charge < -0.3 is 5.11 Å². The van der Waals surface area contributed by atoms with Crippen molar-refractivity contribution in [3.8, 4) is 0 Å². The molecule has 0 saturated carbocycles. The Hall–Kier alpha value is -1.19. The van der Waals surface area contributed by atoms with Crippen molar-refractivity contribution >= 4 is 10.0 Å². The second-order valence-electron chi connectivity index (χ2n) is 5.19. The molecule has 0 aliphatic carbocycles. The lowest BCUT2D eigenvalue weighted by Crippen LogP contribution is -2.40. The van der Waals surface area contributed by atoms with Crippen LogP contribution in [0.1, 0.15) is 18.4 Å². The van der Waals surface area contributed by atoms with E-state index in [0.29, 0.717) is 25.0 Å². The summed E-state index contributed by atoms with van der Waals surface area (Å²) in [6.45, 7) is 0.0123. The van der Waals surface area contributed by atoms with E-state index in [1.165, 1.54) is 0 Å². The molecule has 124 valence electrons. The molecule has 1 aromatic carbocycles. The van der Waals surface area contributed by atoms with Crippen LogP contribution < -0.4 is 0 Å². The van der Waals surface area contributed by atoms with E-state index in [9.17, 15) is 26.0 Å². The number of piperidine rings is 1. The van der Waals surface area contributed by atoms with E-state index in [4.69, 9.17) is 5.11 Å². The van der Waals surface area contributed by atoms with E-state index in [-0.39, 0.29) is 25.6 Å². The Balaban J connectivity index is 2.38. The standard InChI is InChI=1S/C13H15F4NO3S/c14-12-4-3-10(6-11(12)13(15,16)17)22(20,21)18-5-1-2-9(7-18)8-19/h3-4,6,9,19H,1-2,5,7-8H2/t9-/m1/s1. The summed E-state index contributed by atoms with van der Waals surface area (Å²) in [7, 11) is -4.15. The van der Waals surface area contributed by atoms with Gasteiger partial charge in [-0.2, -0.15) is 17.5 Å². The van der Waals surface area contributed by atoms with Crippen LogP contribution in [0, 0.1) is 11.7 Å². The molecular formula is C13H15F4NO3S. The second kappa shape index (κ2) is 6.13. The molecule has 1 aliphatic rings. The molecule has 1 saturated heterocycles. The maximum absolute atomic E-state index is 13.3. The van der Waals surface area contributed by atoms with Crippen LogP contribution in [0.4, 0.5) is 17.6 Å². The van der Waals surface area contributed by atoms with Crippen molar-refractivity contribution in [3.05, 3.63) is 29.6 Å². The monoisotopic (exact) mass is 341 g/mol. The van der Waals surface area contributed by atoms with Crippen LogP contribution in [0.25, 0.3) is 0 Å². The summed E-state index contributed by atoms with van der Waals surface area (Å²) in [5, 5.41) is 9.11. The van der Waals surface area contributed by atoms with Gasteiger partial charge >= 0.3 is 6.18 Å². The highest BCUT2D eigenvalue weighted by atomic mass is 32.2. The van der Waals surface area contributed by atoms with Crippen LogP contribution in [0.15, 0.2) is 23.1 Å². The van der Waals surface area contributed by atoms with Gasteiger partial charge in [0.25, 0.3) is 0 Å². The maximum Gasteiger partial charge on any atom is 0.419 e. The van der Waals surface area contributed by atoms with E-state index in [0.717, 1.165) is 10.4 Å². The van der Waals surface area contributed by atoms with Gasteiger partial charge in [0.05, 0.1) is 10.5 Å². The van der Waals surface area contributed by atoms with Crippen LogP contribution in [0.2, 0.25) is 0 Å². The van der Waals surface area contributed by atoms with Crippen molar-refractivity contribution in [1.82, 2.24) is 4.31 Å². The summed E-state index contributed by atoms with van der Waals surface area (Å²) in [6.07, 6.45) is -3.80. The molecule has 2 rings (SSSR count). The van der Waals surface area contributed by atoms with Gasteiger partial charge in [0.15, 0.2) is 0 Å². The van der Waals surface area contributed by atoms with Gasteiger partial charge in [-0.15, -0.1) is 0 Å². The van der Waals surface area contributed by atoms with E-state index in [1.54, 1.807) is 0 Å². The lowest BCUT2D eigenvalue weighted by atomic mass is 10.0. The third kappa shape index (κ3) is 3.41. The molecule has 22 heavy (non-hydrogen) atoms. The summed E-state index contributed by atoms with van der Waals surface area (Å²) in [5.41, 5.74) is -1.61. The first-order chi connectivity index (χ1) is 10.2. The summed E-state index contributed by atoms with van der Waals surface area (Å²) in [5.74, 6) is -1.76. The minimum atomic E-state index is -4.97. The second-order valence-corrected chi connectivity index (χ2v) is 7.13. The summed E-state index contributed by atoms with van der Waals surface area (Å²) in [6, 6.07) is 1.64. The van der Waals surface area contributed by atoms with Gasteiger partial charge in [-0.1, -0.05) is 0 Å². The average molecular weight is 341 g/mol. The number of sulfonamides is 1. The van der Waals surface area contributed by atoms with Gasteiger partial charge in [0, 0.05) is 19.7 Å². The Morgan fingerprint density at radius 1 is 1.32 bits per heavy atom. The van der Waals surface area contributed by atoms with Crippen molar-refractivity contribution in [3.63, 3.8) is 0 Å². The number of rotatable bonds is 3. The average Bonchev–Trinajstić information content (AvgIpc) is 2.46. The van der Waals surface area contributed by atoms with E-state index in [2.05, 4.69) is 0 Å². The first kappa shape index (κ1) is 17.2. The fourth-order valence-electron chi connectivity index (χ4n) is 2.43. The Labute approximate surface area is 125 Å². The number of benzene rings is 1. The third-order valence-corrected chi connectivity index (χ3v) is 5.48. The first-order valence-corrected chi connectivity index (χ1v) is 8.08. The van der Waals surface area contributed by atoms with Gasteiger partial charge in [-0.25, -0.2) is 12.8 Å². The molecule has 0 aromatic heterocycles. The summed E-state index contributed by atoms with van der Waals surface area (Å²) < 4.78 is 77.2. The van der Waals surface area contributed by atoms with Crippen molar-refractivity contribution in [1.29, 1.82) is 0 Å². The smallest absolute Gasteiger partial charge is 0.396 e. The lowest BCUT2D eigenvalue weighted by Gasteiger charge is -2.31. The van der Waals surface area contributed by atoms with Crippen molar-refractivity contribution < 1.29 is 31.1 Å². The predicted octanol–water partition coefficient (Wildman–Crippen LogP) is 2.24. The number of nitrogens with zero attached hydrogens (tertiary/aromatic N) is 1. The normalized spacial score (nSPS) is 21.0. The number of halogens is 4. The number of aliphatic hydroxyl groups is 1. The molecule has 1 fully saturated rings. The number of alkyl halides is 3. The molecule has 0 amide bonds. The van der Waals surface area contributed by atoms with Crippen molar-refractivity contribution in [2.45, 2.75) is 23.9 Å². The number of hydrogen-bond donors (Lipinski definition) is 1. The Morgan fingerprint density at radius 3 is 2.59 bits per heavy atom. The van der Waals surface area contributed by atoms with Gasteiger partial charge in [0.2, 0.25) is 10.0 Å². The first-order valence-electron chi connectivity index (χ1n) is 6.64. The van der Waals surface area contributed by atoms with Gasteiger partial charge in [0.1, 0.15) is 5.82 Å². The number of aliphatic hydroxyl groups excluding tert-OH is 1. The van der Waals surface area contributed by atoms with Crippen LogP contribution >= 0.6 is 0 Å². The summed E-state index contributed by atoms with van der Waals surface area (Å²) in [4.78, 5) is -0.597. The Morgan fingerprint density at radius 2 is 2.00 bits per heavy atom. The predicted molar refractivity (Wildman–Crippen MR) is 70.0 cm³/mol. The molecule has 1 N–H and O–H groups in total. The molecule has 1 heterocycles. The lowest BCUT2D eigenvalue weighted by molar-refractivity contribution is -0.140. The third-order valence-electron chi connectivity index (χ3n) is 3.62. The zero-order valence-electron chi connectivity index (χ0n) is 11.5. The maximum atomic E-state index is 13.3. The van der Waals surface area contributed by atoms with Crippen LogP contribution in [-0.4, -0.2) is 37.5 Å². The van der Waals surface area contributed by atoms with Gasteiger partial charge in [-0.3, -0.25) is 0 Å². The molecule has 1 atom stereocenters. The van der Waals surface area contributed by atoms with Crippen molar-refractivity contribution in [2.24, 2.45) is 5.92 Å². The molecule has 9 heteroatoms. The van der Waals surface area contributed by atoms with Crippen LogP contribution in [0.3, 0.4) is 0 Å². The minimum Gasteiger partial charge on any atom is -0.396 e. The van der Waals surface area contributed by atoms with Crippen LogP contribution in [0.5, 0.6) is 0 Å². The van der Waals surface area contributed by atoms with E-state index < -0.39 is 32.5 Å². The molecule has 0 radical (unpaired) electrons. The van der Waals surface area contributed by atoms with Crippen molar-refractivity contribution in [2.75, 3.05) is 19.7 Å². The fourth-order valence-corrected chi connectivity index (χ4v) is 4.01. The molecule has 4 nitrogen and oxygen atoms in total. The Bertz CT molecular complexity index is 645. The molecule has 0 unspecified atom stereocenters. The highest BCUT2D eigenvalue weighted by molar-refractivity contribution is 7.89. The van der Waals surface area contributed by atoms with Gasteiger partial charge in [-0.05, 0) is 37.0 Å².